The lowest BCUT2D eigenvalue weighted by Crippen LogP contribution is -2.33. The summed E-state index contributed by atoms with van der Waals surface area (Å²) < 4.78 is 22.0. The van der Waals surface area contributed by atoms with Crippen LogP contribution in [0.5, 0.6) is 17.2 Å². The van der Waals surface area contributed by atoms with Crippen LogP contribution in [0.15, 0.2) is 48.2 Å². The highest BCUT2D eigenvalue weighted by Gasteiger charge is 2.39. The van der Waals surface area contributed by atoms with Crippen LogP contribution in [0.1, 0.15) is 25.3 Å². The number of amides is 2. The summed E-state index contributed by atoms with van der Waals surface area (Å²) in [7, 11) is 1.59. The van der Waals surface area contributed by atoms with Gasteiger partial charge in [0, 0.05) is 32.0 Å². The van der Waals surface area contributed by atoms with Crippen molar-refractivity contribution in [1.82, 2.24) is 4.90 Å². The number of fused-ring (bicyclic) bond motifs is 1. The van der Waals surface area contributed by atoms with Crippen molar-refractivity contribution >= 4 is 23.1 Å². The summed E-state index contributed by atoms with van der Waals surface area (Å²) >= 11 is 0. The second kappa shape index (κ2) is 10.4. The van der Waals surface area contributed by atoms with Crippen LogP contribution in [0, 0.1) is 0 Å². The first-order valence-corrected chi connectivity index (χ1v) is 11.1. The van der Waals surface area contributed by atoms with Crippen molar-refractivity contribution in [3.05, 3.63) is 53.7 Å². The Morgan fingerprint density at radius 1 is 0.970 bits per heavy atom. The molecule has 2 amide bonds. The molecule has 8 heteroatoms. The predicted molar refractivity (Wildman–Crippen MR) is 123 cm³/mol. The number of ether oxygens (including phenoxy) is 4. The third-order valence-electron chi connectivity index (χ3n) is 5.33. The van der Waals surface area contributed by atoms with Crippen LogP contribution in [-0.2, 0) is 14.3 Å². The molecule has 2 aromatic rings. The zero-order chi connectivity index (χ0) is 23.2. The fourth-order valence-electron chi connectivity index (χ4n) is 3.73. The zero-order valence-electron chi connectivity index (χ0n) is 18.9. The van der Waals surface area contributed by atoms with E-state index in [2.05, 4.69) is 5.32 Å². The van der Waals surface area contributed by atoms with Crippen LogP contribution in [0.3, 0.4) is 0 Å². The van der Waals surface area contributed by atoms with Crippen molar-refractivity contribution in [2.75, 3.05) is 45.4 Å². The lowest BCUT2D eigenvalue weighted by atomic mass is 10.0. The van der Waals surface area contributed by atoms with E-state index in [1.54, 1.807) is 37.4 Å². The molecule has 0 saturated carbocycles. The number of rotatable bonds is 10. The molecule has 0 atom stereocenters. The molecule has 0 bridgehead atoms. The van der Waals surface area contributed by atoms with Crippen molar-refractivity contribution in [3.63, 3.8) is 0 Å². The minimum atomic E-state index is -0.368. The molecule has 2 heterocycles. The molecule has 0 aromatic heterocycles. The molecule has 2 aromatic carbocycles. The topological polar surface area (TPSA) is 86.3 Å². The molecule has 1 N–H and O–H groups in total. The van der Waals surface area contributed by atoms with E-state index in [4.69, 9.17) is 18.9 Å². The Balaban J connectivity index is 1.65. The van der Waals surface area contributed by atoms with Gasteiger partial charge in [0.15, 0.2) is 11.5 Å². The van der Waals surface area contributed by atoms with Gasteiger partial charge in [-0.3, -0.25) is 14.5 Å². The number of nitrogens with zero attached hydrogens (tertiary/aromatic N) is 1. The number of carbonyl (C=O) groups is 2. The number of imide groups is 1. The first kappa shape index (κ1) is 22.7. The third-order valence-corrected chi connectivity index (χ3v) is 5.33. The molecule has 8 nitrogen and oxygen atoms in total. The highest BCUT2D eigenvalue weighted by molar-refractivity contribution is 6.36. The number of nitrogens with one attached hydrogen (secondary N) is 1. The zero-order valence-corrected chi connectivity index (χ0v) is 18.9. The quantitative estimate of drug-likeness (QED) is 0.436. The average Bonchev–Trinajstić information content (AvgIpc) is 3.07. The summed E-state index contributed by atoms with van der Waals surface area (Å²) in [6.45, 7) is 4.34. The SMILES string of the molecule is CCCOc1ccc(C2=C(Nc3ccc4c(c3)OCCO4)C(=O)N(CCCOC)C2=O)cc1. The van der Waals surface area contributed by atoms with Gasteiger partial charge in [0.2, 0.25) is 0 Å². The van der Waals surface area contributed by atoms with Gasteiger partial charge in [0.1, 0.15) is 24.7 Å². The van der Waals surface area contributed by atoms with Gasteiger partial charge in [-0.05, 0) is 42.7 Å². The Morgan fingerprint density at radius 3 is 2.45 bits per heavy atom. The van der Waals surface area contributed by atoms with Gasteiger partial charge < -0.3 is 24.3 Å². The highest BCUT2D eigenvalue weighted by atomic mass is 16.6. The molecule has 0 fully saturated rings. The maximum absolute atomic E-state index is 13.3. The number of carbonyl (C=O) groups excluding carboxylic acids is 2. The average molecular weight is 453 g/mol. The van der Waals surface area contributed by atoms with Gasteiger partial charge >= 0.3 is 0 Å². The molecule has 0 spiro atoms. The van der Waals surface area contributed by atoms with Gasteiger partial charge in [-0.2, -0.15) is 0 Å². The fourth-order valence-corrected chi connectivity index (χ4v) is 3.73. The van der Waals surface area contributed by atoms with Crippen LogP contribution in [-0.4, -0.2) is 56.8 Å². The molecule has 0 radical (unpaired) electrons. The number of benzene rings is 2. The third kappa shape index (κ3) is 4.96. The van der Waals surface area contributed by atoms with E-state index in [0.29, 0.717) is 61.2 Å². The Labute approximate surface area is 193 Å². The minimum Gasteiger partial charge on any atom is -0.494 e. The van der Waals surface area contributed by atoms with Crippen LogP contribution < -0.4 is 19.5 Å². The minimum absolute atomic E-state index is 0.233. The molecule has 0 unspecified atom stereocenters. The standard InChI is InChI=1S/C25H28N2O6/c1-3-12-31-19-8-5-17(6-9-19)22-23(25(29)27(24(22)28)11-4-13-30-2)26-18-7-10-20-21(16-18)33-15-14-32-20/h5-10,16,26H,3-4,11-15H2,1-2H3. The highest BCUT2D eigenvalue weighted by Crippen LogP contribution is 2.36. The van der Waals surface area contributed by atoms with E-state index in [9.17, 15) is 9.59 Å². The van der Waals surface area contributed by atoms with Crippen molar-refractivity contribution in [1.29, 1.82) is 0 Å². The van der Waals surface area contributed by atoms with Gasteiger partial charge in [-0.1, -0.05) is 19.1 Å². The summed E-state index contributed by atoms with van der Waals surface area (Å²) in [5, 5.41) is 3.16. The predicted octanol–water partition coefficient (Wildman–Crippen LogP) is 3.48. The lowest BCUT2D eigenvalue weighted by Gasteiger charge is -2.19. The van der Waals surface area contributed by atoms with E-state index < -0.39 is 0 Å². The Morgan fingerprint density at radius 2 is 1.73 bits per heavy atom. The molecular formula is C25H28N2O6. The van der Waals surface area contributed by atoms with Crippen molar-refractivity contribution in [2.45, 2.75) is 19.8 Å². The van der Waals surface area contributed by atoms with Crippen molar-refractivity contribution < 1.29 is 28.5 Å². The van der Waals surface area contributed by atoms with E-state index in [-0.39, 0.29) is 24.1 Å². The Bertz CT molecular complexity index is 1050. The van der Waals surface area contributed by atoms with E-state index >= 15 is 0 Å². The Hall–Kier alpha value is -3.52. The second-order valence-electron chi connectivity index (χ2n) is 7.71. The first-order chi connectivity index (χ1) is 16.1. The van der Waals surface area contributed by atoms with Gasteiger partial charge in [-0.15, -0.1) is 0 Å². The second-order valence-corrected chi connectivity index (χ2v) is 7.71. The maximum atomic E-state index is 13.3. The number of methoxy groups -OCH3 is 1. The molecular weight excluding hydrogens is 424 g/mol. The molecule has 0 aliphatic carbocycles. The fraction of sp³-hybridized carbons (Fsp3) is 0.360. The Kier molecular flexibility index (Phi) is 7.14. The molecule has 2 aliphatic heterocycles. The summed E-state index contributed by atoms with van der Waals surface area (Å²) in [6.07, 6.45) is 1.46. The van der Waals surface area contributed by atoms with Gasteiger partial charge in [0.05, 0.1) is 12.2 Å². The summed E-state index contributed by atoms with van der Waals surface area (Å²) in [5.74, 6) is 1.26. The molecule has 0 saturated heterocycles. The normalized spacial score (nSPS) is 15.3. The van der Waals surface area contributed by atoms with Crippen LogP contribution in [0.4, 0.5) is 5.69 Å². The number of hydrogen-bond donors (Lipinski definition) is 1. The van der Waals surface area contributed by atoms with Gasteiger partial charge in [-0.25, -0.2) is 0 Å². The van der Waals surface area contributed by atoms with E-state index in [1.165, 1.54) is 4.90 Å². The van der Waals surface area contributed by atoms with Crippen LogP contribution in [0.2, 0.25) is 0 Å². The first-order valence-electron chi connectivity index (χ1n) is 11.1. The largest absolute Gasteiger partial charge is 0.494 e. The van der Waals surface area contributed by atoms with Crippen LogP contribution in [0.25, 0.3) is 5.57 Å². The van der Waals surface area contributed by atoms with Gasteiger partial charge in [0.25, 0.3) is 11.8 Å². The molecule has 174 valence electrons. The lowest BCUT2D eigenvalue weighted by molar-refractivity contribution is -0.137. The number of hydrogen-bond acceptors (Lipinski definition) is 7. The van der Waals surface area contributed by atoms with E-state index in [0.717, 1.165) is 12.2 Å². The molecule has 2 aliphatic rings. The molecule has 33 heavy (non-hydrogen) atoms. The van der Waals surface area contributed by atoms with E-state index in [1.807, 2.05) is 19.1 Å². The van der Waals surface area contributed by atoms with Crippen LogP contribution >= 0.6 is 0 Å². The van der Waals surface area contributed by atoms with Crippen molar-refractivity contribution in [3.8, 4) is 17.2 Å². The summed E-state index contributed by atoms with van der Waals surface area (Å²) in [6, 6.07) is 12.6. The van der Waals surface area contributed by atoms with Crippen molar-refractivity contribution in [2.24, 2.45) is 0 Å². The summed E-state index contributed by atoms with van der Waals surface area (Å²) in [5.41, 5.74) is 1.84. The maximum Gasteiger partial charge on any atom is 0.278 e. The number of anilines is 1. The summed E-state index contributed by atoms with van der Waals surface area (Å²) in [4.78, 5) is 27.8. The molecule has 4 rings (SSSR count). The smallest absolute Gasteiger partial charge is 0.278 e. The monoisotopic (exact) mass is 452 g/mol.